The van der Waals surface area contributed by atoms with Gasteiger partial charge >= 0.3 is 12.4 Å². The highest BCUT2D eigenvalue weighted by atomic mass is 19.4. The van der Waals surface area contributed by atoms with Crippen molar-refractivity contribution < 1.29 is 26.3 Å². The third kappa shape index (κ3) is 8.03. The molecule has 0 saturated carbocycles. The number of H-pyrrole nitrogens is 1. The van der Waals surface area contributed by atoms with E-state index in [9.17, 15) is 26.3 Å². The van der Waals surface area contributed by atoms with Gasteiger partial charge < -0.3 is 5.32 Å². The molecule has 0 atom stereocenters. The first kappa shape index (κ1) is 16.8. The minimum absolute atomic E-state index is 0.153. The Morgan fingerprint density at radius 1 is 1.05 bits per heavy atom. The zero-order valence-corrected chi connectivity index (χ0v) is 10.5. The lowest BCUT2D eigenvalue weighted by atomic mass is 10.1. The minimum Gasteiger partial charge on any atom is -0.308 e. The number of nitrogens with zero attached hydrogens (tertiary/aromatic N) is 1. The summed E-state index contributed by atoms with van der Waals surface area (Å²) in [6.45, 7) is 0.153. The van der Waals surface area contributed by atoms with Gasteiger partial charge in [-0.2, -0.15) is 31.4 Å². The van der Waals surface area contributed by atoms with Gasteiger partial charge in [0.2, 0.25) is 0 Å². The van der Waals surface area contributed by atoms with Gasteiger partial charge in [0.25, 0.3) is 0 Å². The molecule has 0 aliphatic carbocycles. The highest BCUT2D eigenvalue weighted by Crippen LogP contribution is 2.26. The first-order valence-corrected chi connectivity index (χ1v) is 6.01. The van der Waals surface area contributed by atoms with Gasteiger partial charge in [-0.25, -0.2) is 0 Å². The second kappa shape index (κ2) is 6.96. The van der Waals surface area contributed by atoms with Crippen LogP contribution in [0.25, 0.3) is 0 Å². The van der Waals surface area contributed by atoms with Gasteiger partial charge in [0.1, 0.15) is 0 Å². The zero-order valence-electron chi connectivity index (χ0n) is 10.5. The molecule has 0 spiro atoms. The Bertz CT molecular complexity index is 353. The summed E-state index contributed by atoms with van der Waals surface area (Å²) in [5.41, 5.74) is 0.606. The Kier molecular flexibility index (Phi) is 5.85. The van der Waals surface area contributed by atoms with Crippen LogP contribution in [0.4, 0.5) is 26.3 Å². The molecule has 0 radical (unpaired) electrons. The largest absolute Gasteiger partial charge is 0.389 e. The standard InChI is InChI=1S/C11H15F6N3/c12-10(13,14)4-1-8(2-5-11(15,16)17)18-7-9-3-6-19-20-9/h3,6,8,18H,1-2,4-5,7H2,(H,19,20). The molecule has 0 aromatic carbocycles. The van der Waals surface area contributed by atoms with Crippen molar-refractivity contribution in [2.45, 2.75) is 50.6 Å². The average Bonchev–Trinajstić information content (AvgIpc) is 2.78. The average molecular weight is 303 g/mol. The van der Waals surface area contributed by atoms with Crippen molar-refractivity contribution in [3.05, 3.63) is 18.0 Å². The second-order valence-corrected chi connectivity index (χ2v) is 4.47. The lowest BCUT2D eigenvalue weighted by Crippen LogP contribution is -2.31. The number of hydrogen-bond acceptors (Lipinski definition) is 2. The molecule has 1 aromatic heterocycles. The summed E-state index contributed by atoms with van der Waals surface area (Å²) >= 11 is 0. The van der Waals surface area contributed by atoms with Crippen LogP contribution in [0.15, 0.2) is 12.3 Å². The van der Waals surface area contributed by atoms with Crippen molar-refractivity contribution in [1.29, 1.82) is 0 Å². The van der Waals surface area contributed by atoms with E-state index in [1.807, 2.05) is 0 Å². The Balaban J connectivity index is 2.45. The predicted octanol–water partition coefficient (Wildman–Crippen LogP) is 3.55. The van der Waals surface area contributed by atoms with E-state index in [2.05, 4.69) is 15.5 Å². The SMILES string of the molecule is FC(F)(F)CCC(CCC(F)(F)F)NCc1ccn[nH]1. The van der Waals surface area contributed by atoms with Gasteiger partial charge in [-0.15, -0.1) is 0 Å². The molecule has 1 aromatic rings. The van der Waals surface area contributed by atoms with Gasteiger partial charge in [-0.3, -0.25) is 5.10 Å². The molecule has 1 heterocycles. The van der Waals surface area contributed by atoms with Crippen molar-refractivity contribution in [2.75, 3.05) is 0 Å². The predicted molar refractivity (Wildman–Crippen MR) is 59.8 cm³/mol. The molecule has 0 aliphatic heterocycles. The minimum atomic E-state index is -4.37. The number of rotatable bonds is 7. The van der Waals surface area contributed by atoms with E-state index in [-0.39, 0.29) is 19.4 Å². The monoisotopic (exact) mass is 303 g/mol. The molecule has 20 heavy (non-hydrogen) atoms. The van der Waals surface area contributed by atoms with E-state index in [1.54, 1.807) is 6.07 Å². The Morgan fingerprint density at radius 2 is 1.60 bits per heavy atom. The van der Waals surface area contributed by atoms with Crippen LogP contribution < -0.4 is 5.32 Å². The van der Waals surface area contributed by atoms with Crippen LogP contribution in [-0.2, 0) is 6.54 Å². The zero-order chi connectivity index (χ0) is 15.2. The first-order chi connectivity index (χ1) is 9.16. The van der Waals surface area contributed by atoms with Crippen molar-refractivity contribution >= 4 is 0 Å². The second-order valence-electron chi connectivity index (χ2n) is 4.47. The van der Waals surface area contributed by atoms with Crippen molar-refractivity contribution in [1.82, 2.24) is 15.5 Å². The van der Waals surface area contributed by atoms with Crippen LogP contribution in [0, 0.1) is 0 Å². The molecule has 0 unspecified atom stereocenters. The van der Waals surface area contributed by atoms with Crippen LogP contribution in [-0.4, -0.2) is 28.6 Å². The van der Waals surface area contributed by atoms with Crippen LogP contribution in [0.1, 0.15) is 31.4 Å². The third-order valence-corrected chi connectivity index (χ3v) is 2.69. The van der Waals surface area contributed by atoms with Gasteiger partial charge in [0.15, 0.2) is 0 Å². The Labute approximate surface area is 111 Å². The maximum atomic E-state index is 12.1. The molecule has 0 aliphatic rings. The van der Waals surface area contributed by atoms with E-state index in [1.165, 1.54) is 6.20 Å². The topological polar surface area (TPSA) is 40.7 Å². The molecule has 0 amide bonds. The van der Waals surface area contributed by atoms with Gasteiger partial charge in [0.05, 0.1) is 0 Å². The molecule has 1 rings (SSSR count). The fourth-order valence-corrected chi connectivity index (χ4v) is 1.66. The number of nitrogens with one attached hydrogen (secondary N) is 2. The third-order valence-electron chi connectivity index (χ3n) is 2.69. The number of aromatic amines is 1. The summed E-state index contributed by atoms with van der Waals surface area (Å²) in [4.78, 5) is 0. The molecule has 0 bridgehead atoms. The maximum Gasteiger partial charge on any atom is 0.389 e. The molecule has 9 heteroatoms. The molecular formula is C11H15F6N3. The quantitative estimate of drug-likeness (QED) is 0.756. The lowest BCUT2D eigenvalue weighted by molar-refractivity contribution is -0.141. The van der Waals surface area contributed by atoms with E-state index in [0.717, 1.165) is 0 Å². The highest BCUT2D eigenvalue weighted by Gasteiger charge is 2.31. The van der Waals surface area contributed by atoms with Crippen LogP contribution in [0.3, 0.4) is 0 Å². The fourth-order valence-electron chi connectivity index (χ4n) is 1.66. The van der Waals surface area contributed by atoms with Crippen LogP contribution in [0.2, 0.25) is 0 Å². The smallest absolute Gasteiger partial charge is 0.308 e. The van der Waals surface area contributed by atoms with E-state index < -0.39 is 31.2 Å². The Morgan fingerprint density at radius 3 is 2.00 bits per heavy atom. The summed E-state index contributed by atoms with van der Waals surface area (Å²) in [7, 11) is 0. The van der Waals surface area contributed by atoms with E-state index in [4.69, 9.17) is 0 Å². The van der Waals surface area contributed by atoms with Crippen molar-refractivity contribution in [3.63, 3.8) is 0 Å². The molecule has 0 saturated heterocycles. The van der Waals surface area contributed by atoms with Crippen molar-refractivity contribution in [2.24, 2.45) is 0 Å². The maximum absolute atomic E-state index is 12.1. The molecule has 116 valence electrons. The lowest BCUT2D eigenvalue weighted by Gasteiger charge is -2.20. The summed E-state index contributed by atoms with van der Waals surface area (Å²) in [5.74, 6) is 0. The molecular weight excluding hydrogens is 288 g/mol. The van der Waals surface area contributed by atoms with E-state index in [0.29, 0.717) is 5.69 Å². The summed E-state index contributed by atoms with van der Waals surface area (Å²) < 4.78 is 72.8. The van der Waals surface area contributed by atoms with Crippen LogP contribution in [0.5, 0.6) is 0 Å². The molecule has 3 nitrogen and oxygen atoms in total. The first-order valence-electron chi connectivity index (χ1n) is 6.01. The number of alkyl halides is 6. The summed E-state index contributed by atoms with van der Waals surface area (Å²) in [6, 6.07) is 0.749. The highest BCUT2D eigenvalue weighted by molar-refractivity contribution is 4.97. The number of aromatic nitrogens is 2. The van der Waals surface area contributed by atoms with Crippen molar-refractivity contribution in [3.8, 4) is 0 Å². The summed E-state index contributed by atoms with van der Waals surface area (Å²) in [6.07, 6.45) is -10.3. The van der Waals surface area contributed by atoms with Gasteiger partial charge in [-0.05, 0) is 18.9 Å². The number of hydrogen-bond donors (Lipinski definition) is 2. The van der Waals surface area contributed by atoms with Gasteiger partial charge in [-0.1, -0.05) is 0 Å². The molecule has 2 N–H and O–H groups in total. The fraction of sp³-hybridized carbons (Fsp3) is 0.727. The Hall–Kier alpha value is -1.25. The number of halogens is 6. The van der Waals surface area contributed by atoms with Gasteiger partial charge in [0, 0.05) is 37.3 Å². The normalized spacial score (nSPS) is 13.2. The van der Waals surface area contributed by atoms with E-state index >= 15 is 0 Å². The molecule has 0 fully saturated rings. The summed E-state index contributed by atoms with van der Waals surface area (Å²) in [5, 5.41) is 8.92. The van der Waals surface area contributed by atoms with Crippen LogP contribution >= 0.6 is 0 Å².